The van der Waals surface area contributed by atoms with E-state index < -0.39 is 24.0 Å². The third-order valence-corrected chi connectivity index (χ3v) is 4.59. The number of hydrogen-bond acceptors (Lipinski definition) is 6. The van der Waals surface area contributed by atoms with Crippen LogP contribution in [0.15, 0.2) is 30.3 Å². The number of carbonyl (C=O) groups excluding carboxylic acids is 1. The molecule has 1 aliphatic rings. The number of carboxylic acids is 2. The number of amides is 1. The van der Waals surface area contributed by atoms with Crippen LogP contribution in [-0.4, -0.2) is 65.2 Å². The van der Waals surface area contributed by atoms with E-state index in [1.165, 1.54) is 0 Å². The first kappa shape index (κ1) is 25.9. The smallest absolute Gasteiger partial charge is 0.326 e. The summed E-state index contributed by atoms with van der Waals surface area (Å²) in [6.45, 7) is 1.20. The molecule has 1 heterocycles. The molecule has 0 spiro atoms. The van der Waals surface area contributed by atoms with Gasteiger partial charge in [-0.3, -0.25) is 15.0 Å². The molecule has 31 heavy (non-hydrogen) atoms. The summed E-state index contributed by atoms with van der Waals surface area (Å²) in [5, 5.41) is 32.7. The zero-order chi connectivity index (χ0) is 23.2. The summed E-state index contributed by atoms with van der Waals surface area (Å²) in [5.74, 6) is -2.41. The zero-order valence-corrected chi connectivity index (χ0v) is 17.3. The van der Waals surface area contributed by atoms with Crippen LogP contribution in [0.5, 0.6) is 0 Å². The molecule has 11 nitrogen and oxygen atoms in total. The highest BCUT2D eigenvalue weighted by molar-refractivity contribution is 5.87. The van der Waals surface area contributed by atoms with Crippen molar-refractivity contribution in [3.05, 3.63) is 35.9 Å². The van der Waals surface area contributed by atoms with E-state index in [1.807, 2.05) is 30.3 Å². The predicted molar refractivity (Wildman–Crippen MR) is 115 cm³/mol. The third-order valence-electron chi connectivity index (χ3n) is 4.59. The summed E-state index contributed by atoms with van der Waals surface area (Å²) < 4.78 is 0. The van der Waals surface area contributed by atoms with E-state index in [0.717, 1.165) is 24.9 Å². The number of rotatable bonds is 10. The van der Waals surface area contributed by atoms with E-state index >= 15 is 0 Å². The van der Waals surface area contributed by atoms with Gasteiger partial charge in [0, 0.05) is 6.54 Å². The van der Waals surface area contributed by atoms with Gasteiger partial charge in [-0.25, -0.2) is 4.79 Å². The quantitative estimate of drug-likeness (QED) is 0.131. The lowest BCUT2D eigenvalue weighted by molar-refractivity contribution is -0.142. The number of guanidine groups is 1. The van der Waals surface area contributed by atoms with Gasteiger partial charge in [0.25, 0.3) is 0 Å². The predicted octanol–water partition coefficient (Wildman–Crippen LogP) is -0.788. The molecule has 1 aromatic carbocycles. The van der Waals surface area contributed by atoms with Crippen LogP contribution in [0.2, 0.25) is 0 Å². The van der Waals surface area contributed by atoms with E-state index in [-0.39, 0.29) is 17.9 Å². The van der Waals surface area contributed by atoms with Crippen molar-refractivity contribution in [3.63, 3.8) is 0 Å². The molecule has 1 saturated heterocycles. The molecule has 172 valence electrons. The summed E-state index contributed by atoms with van der Waals surface area (Å²) in [6, 6.07) is 7.36. The maximum atomic E-state index is 11.8. The number of carboxylic acid groups (broad SMARTS) is 2. The number of carbonyl (C=O) groups is 3. The van der Waals surface area contributed by atoms with Crippen molar-refractivity contribution in [3.8, 4) is 0 Å². The fraction of sp³-hybridized carbons (Fsp3) is 0.500. The normalized spacial score (nSPS) is 16.9. The maximum Gasteiger partial charge on any atom is 0.326 e. The van der Waals surface area contributed by atoms with Crippen LogP contribution in [0.3, 0.4) is 0 Å². The molecule has 3 atom stereocenters. The van der Waals surface area contributed by atoms with E-state index in [4.69, 9.17) is 27.1 Å². The van der Waals surface area contributed by atoms with E-state index in [1.54, 1.807) is 0 Å². The molecule has 0 bridgehead atoms. The topological polar surface area (TPSA) is 204 Å². The maximum absolute atomic E-state index is 11.8. The Labute approximate surface area is 181 Å². The molecule has 1 aromatic rings. The number of nitrogens with one attached hydrogen (secondary N) is 4. The summed E-state index contributed by atoms with van der Waals surface area (Å²) in [5.41, 5.74) is 11.4. The Kier molecular flexibility index (Phi) is 11.6. The minimum Gasteiger partial charge on any atom is -0.480 e. The van der Waals surface area contributed by atoms with Crippen molar-refractivity contribution in [2.75, 3.05) is 13.1 Å². The summed E-state index contributed by atoms with van der Waals surface area (Å²) >= 11 is 0. The number of hydrogen-bond donors (Lipinski definition) is 8. The number of aliphatic carboxylic acids is 2. The first-order valence-corrected chi connectivity index (χ1v) is 10.1. The van der Waals surface area contributed by atoms with Crippen LogP contribution in [-0.2, 0) is 20.8 Å². The fourth-order valence-electron chi connectivity index (χ4n) is 2.92. The lowest BCUT2D eigenvalue weighted by atomic mass is 10.1. The van der Waals surface area contributed by atoms with Crippen LogP contribution in [0.1, 0.15) is 31.2 Å². The Morgan fingerprint density at radius 3 is 2.39 bits per heavy atom. The second-order valence-electron chi connectivity index (χ2n) is 7.17. The molecule has 0 radical (unpaired) electrons. The van der Waals surface area contributed by atoms with Gasteiger partial charge < -0.3 is 37.6 Å². The van der Waals surface area contributed by atoms with E-state index in [9.17, 15) is 14.4 Å². The number of benzene rings is 1. The summed E-state index contributed by atoms with van der Waals surface area (Å²) in [4.78, 5) is 33.2. The first-order chi connectivity index (χ1) is 14.7. The summed E-state index contributed by atoms with van der Waals surface area (Å²) in [6.07, 6.45) is 2.86. The van der Waals surface area contributed by atoms with Gasteiger partial charge >= 0.3 is 11.9 Å². The first-order valence-electron chi connectivity index (χ1n) is 10.1. The Morgan fingerprint density at radius 2 is 1.87 bits per heavy atom. The molecule has 2 unspecified atom stereocenters. The Balaban J connectivity index is 0.000000343. The lowest BCUT2D eigenvalue weighted by Gasteiger charge is -2.17. The minimum atomic E-state index is -1.05. The summed E-state index contributed by atoms with van der Waals surface area (Å²) in [7, 11) is 0. The van der Waals surface area contributed by atoms with Gasteiger partial charge in [-0.2, -0.15) is 0 Å². The Bertz CT molecular complexity index is 724. The van der Waals surface area contributed by atoms with Crippen molar-refractivity contribution in [2.45, 2.75) is 50.2 Å². The molecule has 0 aromatic heterocycles. The van der Waals surface area contributed by atoms with E-state index in [2.05, 4.69) is 16.0 Å². The van der Waals surface area contributed by atoms with Gasteiger partial charge in [0.15, 0.2) is 5.96 Å². The highest BCUT2D eigenvalue weighted by atomic mass is 16.4. The van der Waals surface area contributed by atoms with Crippen LogP contribution in [0, 0.1) is 5.41 Å². The minimum absolute atomic E-state index is 0.147. The van der Waals surface area contributed by atoms with E-state index in [0.29, 0.717) is 25.8 Å². The van der Waals surface area contributed by atoms with Crippen molar-refractivity contribution in [1.82, 2.24) is 16.0 Å². The van der Waals surface area contributed by atoms with Crippen molar-refractivity contribution >= 4 is 23.8 Å². The molecule has 2 rings (SSSR count). The van der Waals surface area contributed by atoms with Gasteiger partial charge in [0.05, 0.1) is 6.04 Å². The van der Waals surface area contributed by atoms with Crippen molar-refractivity contribution in [2.24, 2.45) is 11.5 Å². The zero-order valence-electron chi connectivity index (χ0n) is 17.3. The van der Waals surface area contributed by atoms with Crippen LogP contribution < -0.4 is 27.4 Å². The number of nitrogens with two attached hydrogens (primary N) is 2. The highest BCUT2D eigenvalue weighted by Gasteiger charge is 2.26. The van der Waals surface area contributed by atoms with Crippen molar-refractivity contribution in [1.29, 1.82) is 5.41 Å². The van der Waals surface area contributed by atoms with Gasteiger partial charge in [-0.1, -0.05) is 30.3 Å². The third kappa shape index (κ3) is 11.0. The largest absolute Gasteiger partial charge is 0.480 e. The standard InChI is InChI=1S/C11H21N5O3.C9H11NO2/c12-11(13)15-6-2-4-8(10(18)19)16-9(17)7-3-1-5-14-7;10-8(9(11)12)6-7-4-2-1-3-5-7/h7-8,14H,1-6H2,(H,16,17)(H,18,19)(H4,12,13,15);1-5,8H,6,10H2,(H,11,12)/t7-,8?;/m0./s1. The van der Waals surface area contributed by atoms with Gasteiger partial charge in [-0.05, 0) is 44.2 Å². The fourth-order valence-corrected chi connectivity index (χ4v) is 2.92. The second-order valence-corrected chi connectivity index (χ2v) is 7.17. The van der Waals surface area contributed by atoms with Crippen molar-refractivity contribution < 1.29 is 24.6 Å². The molecular formula is C20H32N6O5. The second kappa shape index (κ2) is 13.9. The molecule has 1 aliphatic heterocycles. The molecule has 11 heteroatoms. The lowest BCUT2D eigenvalue weighted by Crippen LogP contribution is -2.48. The van der Waals surface area contributed by atoms with Crippen LogP contribution in [0.4, 0.5) is 0 Å². The molecule has 1 fully saturated rings. The molecule has 0 aliphatic carbocycles. The average Bonchev–Trinajstić information content (AvgIpc) is 3.26. The molecular weight excluding hydrogens is 404 g/mol. The average molecular weight is 437 g/mol. The SMILES string of the molecule is N=C(N)NCCCC(NC(=O)[C@@H]1CCCN1)C(=O)O.NC(Cc1ccccc1)C(=O)O. The Hall–Kier alpha value is -3.18. The monoisotopic (exact) mass is 436 g/mol. The Morgan fingerprint density at radius 1 is 1.19 bits per heavy atom. The van der Waals surface area contributed by atoms with Gasteiger partial charge in [0.2, 0.25) is 5.91 Å². The molecule has 10 N–H and O–H groups in total. The molecule has 1 amide bonds. The highest BCUT2D eigenvalue weighted by Crippen LogP contribution is 2.06. The van der Waals surface area contributed by atoms with Crippen LogP contribution in [0.25, 0.3) is 0 Å². The molecule has 0 saturated carbocycles. The van der Waals surface area contributed by atoms with Crippen LogP contribution >= 0.6 is 0 Å². The van der Waals surface area contributed by atoms with Gasteiger partial charge in [-0.15, -0.1) is 0 Å². The van der Waals surface area contributed by atoms with Gasteiger partial charge in [0.1, 0.15) is 12.1 Å².